The Morgan fingerprint density at radius 2 is 2.11 bits per heavy atom. The van der Waals surface area contributed by atoms with Crippen LogP contribution in [0.3, 0.4) is 0 Å². The molecule has 0 aliphatic rings. The summed E-state index contributed by atoms with van der Waals surface area (Å²) in [5.41, 5.74) is 1.28. The van der Waals surface area contributed by atoms with Gasteiger partial charge in [0.15, 0.2) is 0 Å². The molecule has 5 nitrogen and oxygen atoms in total. The molecule has 0 radical (unpaired) electrons. The van der Waals surface area contributed by atoms with Crippen molar-refractivity contribution in [2.24, 2.45) is 0 Å². The molecule has 0 fully saturated rings. The molecule has 2 aromatic rings. The number of aryl methyl sites for hydroxylation is 1. The van der Waals surface area contributed by atoms with Crippen molar-refractivity contribution in [1.82, 2.24) is 9.97 Å². The third kappa shape index (κ3) is 3.28. The first-order valence-corrected chi connectivity index (χ1v) is 6.14. The fraction of sp³-hybridized carbons (Fsp3) is 0.214. The smallest absolute Gasteiger partial charge is 0.275 e. The van der Waals surface area contributed by atoms with E-state index >= 15 is 0 Å². The van der Waals surface area contributed by atoms with E-state index in [1.54, 1.807) is 18.3 Å². The highest BCUT2D eigenvalue weighted by Crippen LogP contribution is 2.11. The highest BCUT2D eigenvalue weighted by molar-refractivity contribution is 6.02. The summed E-state index contributed by atoms with van der Waals surface area (Å²) in [7, 11) is 0. The predicted molar refractivity (Wildman–Crippen MR) is 75.3 cm³/mol. The minimum absolute atomic E-state index is 0.262. The molecule has 0 saturated carbocycles. The van der Waals surface area contributed by atoms with E-state index in [4.69, 9.17) is 0 Å². The quantitative estimate of drug-likeness (QED) is 0.881. The SMILES string of the molecule is CCNc1cccc(C(=O)Nc2ncccc2C)n1. The molecule has 0 bridgehead atoms. The van der Waals surface area contributed by atoms with Gasteiger partial charge >= 0.3 is 0 Å². The molecule has 0 spiro atoms. The van der Waals surface area contributed by atoms with Crippen molar-refractivity contribution in [3.63, 3.8) is 0 Å². The number of amides is 1. The van der Waals surface area contributed by atoms with Crippen LogP contribution in [-0.4, -0.2) is 22.4 Å². The van der Waals surface area contributed by atoms with Gasteiger partial charge in [0.25, 0.3) is 5.91 Å². The topological polar surface area (TPSA) is 66.9 Å². The average molecular weight is 256 g/mol. The molecule has 2 N–H and O–H groups in total. The Labute approximate surface area is 112 Å². The number of aromatic nitrogens is 2. The lowest BCUT2D eigenvalue weighted by molar-refractivity contribution is 0.102. The number of pyridine rings is 2. The third-order valence-electron chi connectivity index (χ3n) is 2.58. The highest BCUT2D eigenvalue weighted by atomic mass is 16.1. The summed E-state index contributed by atoms with van der Waals surface area (Å²) in [6.07, 6.45) is 1.64. The van der Waals surface area contributed by atoms with Crippen LogP contribution in [0.5, 0.6) is 0 Å². The van der Waals surface area contributed by atoms with Crippen molar-refractivity contribution in [1.29, 1.82) is 0 Å². The second-order valence-corrected chi connectivity index (χ2v) is 4.06. The number of nitrogens with zero attached hydrogens (tertiary/aromatic N) is 2. The van der Waals surface area contributed by atoms with E-state index in [1.165, 1.54) is 0 Å². The highest BCUT2D eigenvalue weighted by Gasteiger charge is 2.10. The summed E-state index contributed by atoms with van der Waals surface area (Å²) in [4.78, 5) is 20.4. The summed E-state index contributed by atoms with van der Waals surface area (Å²) in [6.45, 7) is 4.63. The molecule has 2 rings (SSSR count). The van der Waals surface area contributed by atoms with E-state index in [1.807, 2.05) is 32.0 Å². The van der Waals surface area contributed by atoms with Crippen LogP contribution in [0.2, 0.25) is 0 Å². The van der Waals surface area contributed by atoms with Crippen LogP contribution in [-0.2, 0) is 0 Å². The Morgan fingerprint density at radius 3 is 2.84 bits per heavy atom. The first-order valence-electron chi connectivity index (χ1n) is 6.14. The van der Waals surface area contributed by atoms with Gasteiger partial charge in [-0.05, 0) is 37.6 Å². The Bertz CT molecular complexity index is 583. The van der Waals surface area contributed by atoms with Gasteiger partial charge in [-0.25, -0.2) is 9.97 Å². The van der Waals surface area contributed by atoms with E-state index in [2.05, 4.69) is 20.6 Å². The second kappa shape index (κ2) is 5.95. The van der Waals surface area contributed by atoms with Crippen molar-refractivity contribution in [3.8, 4) is 0 Å². The zero-order valence-corrected chi connectivity index (χ0v) is 11.0. The Balaban J connectivity index is 2.16. The Hall–Kier alpha value is -2.43. The monoisotopic (exact) mass is 256 g/mol. The summed E-state index contributed by atoms with van der Waals surface area (Å²) >= 11 is 0. The summed E-state index contributed by atoms with van der Waals surface area (Å²) < 4.78 is 0. The third-order valence-corrected chi connectivity index (χ3v) is 2.58. The summed E-state index contributed by atoms with van der Waals surface area (Å²) in [6, 6.07) is 9.02. The van der Waals surface area contributed by atoms with Crippen molar-refractivity contribution >= 4 is 17.5 Å². The van der Waals surface area contributed by atoms with Gasteiger partial charge in [-0.15, -0.1) is 0 Å². The van der Waals surface area contributed by atoms with E-state index < -0.39 is 0 Å². The number of nitrogens with one attached hydrogen (secondary N) is 2. The lowest BCUT2D eigenvalue weighted by atomic mass is 10.2. The van der Waals surface area contributed by atoms with Gasteiger partial charge in [0.05, 0.1) is 0 Å². The molecule has 0 aliphatic heterocycles. The Morgan fingerprint density at radius 1 is 1.26 bits per heavy atom. The molecule has 0 aliphatic carbocycles. The second-order valence-electron chi connectivity index (χ2n) is 4.06. The van der Waals surface area contributed by atoms with E-state index in [-0.39, 0.29) is 5.91 Å². The molecule has 0 saturated heterocycles. The minimum Gasteiger partial charge on any atom is -0.370 e. The first kappa shape index (κ1) is 13.0. The van der Waals surface area contributed by atoms with Crippen molar-refractivity contribution in [3.05, 3.63) is 47.8 Å². The predicted octanol–water partition coefficient (Wildman–Crippen LogP) is 2.47. The minimum atomic E-state index is -0.262. The lowest BCUT2D eigenvalue weighted by Crippen LogP contribution is -2.16. The maximum absolute atomic E-state index is 12.1. The van der Waals surface area contributed by atoms with Gasteiger partial charge in [-0.2, -0.15) is 0 Å². The van der Waals surface area contributed by atoms with Gasteiger partial charge in [0.1, 0.15) is 17.3 Å². The van der Waals surface area contributed by atoms with Crippen LogP contribution in [0, 0.1) is 6.92 Å². The molecule has 0 atom stereocenters. The molecule has 19 heavy (non-hydrogen) atoms. The summed E-state index contributed by atoms with van der Waals surface area (Å²) in [5.74, 6) is 0.984. The molecule has 1 amide bonds. The molecule has 2 heterocycles. The molecule has 0 aromatic carbocycles. The number of hydrogen-bond acceptors (Lipinski definition) is 4. The molecule has 5 heteroatoms. The van der Waals surface area contributed by atoms with Gasteiger partial charge < -0.3 is 10.6 Å². The molecule has 0 unspecified atom stereocenters. The van der Waals surface area contributed by atoms with Crippen molar-refractivity contribution in [2.75, 3.05) is 17.2 Å². The van der Waals surface area contributed by atoms with Gasteiger partial charge in [-0.1, -0.05) is 12.1 Å². The maximum Gasteiger partial charge on any atom is 0.275 e. The largest absolute Gasteiger partial charge is 0.370 e. The van der Waals surface area contributed by atoms with Crippen molar-refractivity contribution < 1.29 is 4.79 Å². The molecule has 98 valence electrons. The van der Waals surface area contributed by atoms with Gasteiger partial charge in [0, 0.05) is 12.7 Å². The number of hydrogen-bond donors (Lipinski definition) is 2. The number of rotatable bonds is 4. The Kier molecular flexibility index (Phi) is 4.07. The van der Waals surface area contributed by atoms with E-state index in [9.17, 15) is 4.79 Å². The zero-order chi connectivity index (χ0) is 13.7. The molecular weight excluding hydrogens is 240 g/mol. The normalized spacial score (nSPS) is 10.0. The van der Waals surface area contributed by atoms with Crippen LogP contribution in [0.15, 0.2) is 36.5 Å². The average Bonchev–Trinajstić information content (AvgIpc) is 2.42. The summed E-state index contributed by atoms with van der Waals surface area (Å²) in [5, 5.41) is 5.83. The zero-order valence-electron chi connectivity index (χ0n) is 11.0. The van der Waals surface area contributed by atoms with Crippen LogP contribution in [0.1, 0.15) is 23.0 Å². The number of anilines is 2. The maximum atomic E-state index is 12.1. The fourth-order valence-corrected chi connectivity index (χ4v) is 1.63. The van der Waals surface area contributed by atoms with Crippen molar-refractivity contribution in [2.45, 2.75) is 13.8 Å². The van der Waals surface area contributed by atoms with Gasteiger partial charge in [-0.3, -0.25) is 4.79 Å². The first-order chi connectivity index (χ1) is 9.20. The molecule has 2 aromatic heterocycles. The van der Waals surface area contributed by atoms with Crippen LogP contribution in [0.4, 0.5) is 11.6 Å². The number of carbonyl (C=O) groups excluding carboxylic acids is 1. The van der Waals surface area contributed by atoms with E-state index in [0.29, 0.717) is 17.3 Å². The van der Waals surface area contributed by atoms with Gasteiger partial charge in [0.2, 0.25) is 0 Å². The standard InChI is InChI=1S/C14H16N4O/c1-3-15-12-8-4-7-11(17-12)14(19)18-13-10(2)6-5-9-16-13/h4-9H,3H2,1-2H3,(H,15,17)(H,16,18,19). The van der Waals surface area contributed by atoms with Crippen LogP contribution in [0.25, 0.3) is 0 Å². The number of carbonyl (C=O) groups is 1. The molecular formula is C14H16N4O. The van der Waals surface area contributed by atoms with Crippen LogP contribution >= 0.6 is 0 Å². The fourth-order valence-electron chi connectivity index (χ4n) is 1.63. The van der Waals surface area contributed by atoms with E-state index in [0.717, 1.165) is 12.1 Å². The lowest BCUT2D eigenvalue weighted by Gasteiger charge is -2.07. The van der Waals surface area contributed by atoms with Crippen LogP contribution < -0.4 is 10.6 Å².